The van der Waals surface area contributed by atoms with Gasteiger partial charge in [0.1, 0.15) is 0 Å². The number of nitrogens with zero attached hydrogens (tertiary/aromatic N) is 3. The normalized spacial score (nSPS) is 19.1. The number of hydrogen-bond donors (Lipinski definition) is 0. The number of pyridine rings is 1. The van der Waals surface area contributed by atoms with E-state index in [1.54, 1.807) is 17.5 Å². The predicted octanol–water partition coefficient (Wildman–Crippen LogP) is 3.14. The molecule has 1 aliphatic rings. The lowest BCUT2D eigenvalue weighted by Gasteiger charge is -2.32. The molecule has 0 saturated carbocycles. The van der Waals surface area contributed by atoms with Crippen LogP contribution in [0.3, 0.4) is 0 Å². The van der Waals surface area contributed by atoms with Gasteiger partial charge in [0.15, 0.2) is 5.13 Å². The molecule has 0 radical (unpaired) electrons. The maximum atomic E-state index is 5.78. The maximum Gasteiger partial charge on any atom is 0.213 e. The van der Waals surface area contributed by atoms with Crippen LogP contribution < -0.4 is 9.64 Å². The number of hydrogen-bond acceptors (Lipinski definition) is 5. The second-order valence-corrected chi connectivity index (χ2v) is 6.40. The van der Waals surface area contributed by atoms with Crippen molar-refractivity contribution in [3.8, 4) is 5.88 Å². The van der Waals surface area contributed by atoms with Crippen molar-refractivity contribution in [1.82, 2.24) is 9.97 Å². The van der Waals surface area contributed by atoms with Crippen molar-refractivity contribution < 1.29 is 4.74 Å². The Morgan fingerprint density at radius 2 is 2.35 bits per heavy atom. The van der Waals surface area contributed by atoms with Crippen LogP contribution in [-0.4, -0.2) is 29.7 Å². The third kappa shape index (κ3) is 3.28. The molecule has 20 heavy (non-hydrogen) atoms. The van der Waals surface area contributed by atoms with Crippen LogP contribution in [-0.2, 0) is 0 Å². The molecule has 0 aliphatic carbocycles. The topological polar surface area (TPSA) is 38.2 Å². The van der Waals surface area contributed by atoms with Crippen LogP contribution in [0, 0.1) is 12.8 Å². The van der Waals surface area contributed by atoms with Gasteiger partial charge < -0.3 is 9.64 Å². The van der Waals surface area contributed by atoms with Gasteiger partial charge in [-0.3, -0.25) is 0 Å². The van der Waals surface area contributed by atoms with E-state index in [1.165, 1.54) is 17.7 Å². The molecule has 0 amide bonds. The molecule has 3 heterocycles. The number of anilines is 1. The molecule has 0 N–H and O–H groups in total. The molecule has 1 aliphatic heterocycles. The van der Waals surface area contributed by atoms with Crippen molar-refractivity contribution in [2.24, 2.45) is 5.92 Å². The summed E-state index contributed by atoms with van der Waals surface area (Å²) in [7, 11) is 0. The van der Waals surface area contributed by atoms with Crippen molar-refractivity contribution in [2.75, 3.05) is 24.6 Å². The first-order chi connectivity index (χ1) is 9.81. The lowest BCUT2D eigenvalue weighted by Crippen LogP contribution is -2.37. The van der Waals surface area contributed by atoms with Crippen molar-refractivity contribution in [3.05, 3.63) is 35.5 Å². The van der Waals surface area contributed by atoms with Gasteiger partial charge in [0.25, 0.3) is 0 Å². The second kappa shape index (κ2) is 6.22. The number of piperidine rings is 1. The van der Waals surface area contributed by atoms with Crippen LogP contribution in [0.25, 0.3) is 0 Å². The first-order valence-electron chi connectivity index (χ1n) is 7.02. The lowest BCUT2D eigenvalue weighted by atomic mass is 9.99. The smallest absolute Gasteiger partial charge is 0.213 e. The van der Waals surface area contributed by atoms with Crippen LogP contribution in [0.4, 0.5) is 5.13 Å². The lowest BCUT2D eigenvalue weighted by molar-refractivity contribution is 0.222. The number of thiazole rings is 1. The fraction of sp³-hybridized carbons (Fsp3) is 0.467. The molecule has 1 saturated heterocycles. The van der Waals surface area contributed by atoms with E-state index in [0.29, 0.717) is 5.92 Å². The number of rotatable bonds is 4. The van der Waals surface area contributed by atoms with E-state index in [2.05, 4.69) is 21.8 Å². The summed E-state index contributed by atoms with van der Waals surface area (Å²) < 4.78 is 5.78. The van der Waals surface area contributed by atoms with Crippen LogP contribution in [0.1, 0.15) is 17.7 Å². The van der Waals surface area contributed by atoms with Gasteiger partial charge in [0.2, 0.25) is 5.88 Å². The highest BCUT2D eigenvalue weighted by Gasteiger charge is 2.22. The molecular weight excluding hydrogens is 270 g/mol. The number of aromatic nitrogens is 2. The fourth-order valence-electron chi connectivity index (χ4n) is 2.50. The van der Waals surface area contributed by atoms with E-state index in [9.17, 15) is 0 Å². The van der Waals surface area contributed by atoms with E-state index in [1.807, 2.05) is 24.4 Å². The Bertz CT molecular complexity index is 543. The van der Waals surface area contributed by atoms with Gasteiger partial charge in [0.05, 0.1) is 6.61 Å². The second-order valence-electron chi connectivity index (χ2n) is 5.19. The molecule has 3 rings (SSSR count). The highest BCUT2D eigenvalue weighted by Crippen LogP contribution is 2.27. The van der Waals surface area contributed by atoms with E-state index in [4.69, 9.17) is 4.74 Å². The van der Waals surface area contributed by atoms with Crippen LogP contribution in [0.5, 0.6) is 5.88 Å². The Balaban J connectivity index is 1.55. The molecule has 0 bridgehead atoms. The summed E-state index contributed by atoms with van der Waals surface area (Å²) in [4.78, 5) is 12.3. The molecule has 1 unspecified atom stereocenters. The first kappa shape index (κ1) is 13.4. The van der Waals surface area contributed by atoms with Gasteiger partial charge in [-0.15, -0.1) is 11.3 Å². The molecule has 1 fully saturated rings. The molecular formula is C15H19N3OS. The van der Waals surface area contributed by atoms with Gasteiger partial charge in [-0.05, 0) is 25.8 Å². The fourth-order valence-corrected chi connectivity index (χ4v) is 3.29. The molecule has 2 aromatic heterocycles. The summed E-state index contributed by atoms with van der Waals surface area (Å²) in [5, 5.41) is 1.14. The molecule has 4 nitrogen and oxygen atoms in total. The number of aryl methyl sites for hydroxylation is 1. The predicted molar refractivity (Wildman–Crippen MR) is 81.5 cm³/mol. The zero-order chi connectivity index (χ0) is 13.8. The summed E-state index contributed by atoms with van der Waals surface area (Å²) in [6.45, 7) is 4.97. The molecule has 1 atom stereocenters. The zero-order valence-corrected chi connectivity index (χ0v) is 12.5. The van der Waals surface area contributed by atoms with Gasteiger partial charge in [-0.25, -0.2) is 9.97 Å². The van der Waals surface area contributed by atoms with Gasteiger partial charge in [-0.1, -0.05) is 6.07 Å². The quantitative estimate of drug-likeness (QED) is 0.866. The molecule has 106 valence electrons. The Kier molecular flexibility index (Phi) is 4.16. The number of ether oxygens (including phenoxy) is 1. The molecule has 5 heteroatoms. The third-order valence-electron chi connectivity index (χ3n) is 3.50. The minimum atomic E-state index is 0.551. The van der Waals surface area contributed by atoms with E-state index >= 15 is 0 Å². The van der Waals surface area contributed by atoms with Crippen LogP contribution >= 0.6 is 11.3 Å². The Morgan fingerprint density at radius 3 is 3.10 bits per heavy atom. The monoisotopic (exact) mass is 289 g/mol. The third-order valence-corrected chi connectivity index (χ3v) is 4.48. The highest BCUT2D eigenvalue weighted by atomic mass is 32.1. The van der Waals surface area contributed by atoms with E-state index in [-0.39, 0.29) is 0 Å². The Labute approximate surface area is 123 Å². The van der Waals surface area contributed by atoms with Crippen LogP contribution in [0.15, 0.2) is 30.6 Å². The largest absolute Gasteiger partial charge is 0.477 e. The van der Waals surface area contributed by atoms with Crippen molar-refractivity contribution in [2.45, 2.75) is 19.8 Å². The van der Waals surface area contributed by atoms with E-state index in [0.717, 1.165) is 30.7 Å². The average Bonchev–Trinajstić information content (AvgIpc) is 2.93. The van der Waals surface area contributed by atoms with Gasteiger partial charge in [-0.2, -0.15) is 0 Å². The van der Waals surface area contributed by atoms with Crippen LogP contribution in [0.2, 0.25) is 0 Å². The standard InChI is InChI=1S/C15H19N3OS/c1-12-9-17-15(20-12)18-8-4-5-13(10-18)11-19-14-6-2-3-7-16-14/h2-3,6-7,9,13H,4-5,8,10-11H2,1H3. The first-order valence-corrected chi connectivity index (χ1v) is 7.84. The molecule has 0 spiro atoms. The maximum absolute atomic E-state index is 5.78. The van der Waals surface area contributed by atoms with Crippen molar-refractivity contribution >= 4 is 16.5 Å². The zero-order valence-electron chi connectivity index (χ0n) is 11.7. The highest BCUT2D eigenvalue weighted by molar-refractivity contribution is 7.15. The summed E-state index contributed by atoms with van der Waals surface area (Å²) in [5.74, 6) is 1.27. The van der Waals surface area contributed by atoms with Crippen molar-refractivity contribution in [1.29, 1.82) is 0 Å². The summed E-state index contributed by atoms with van der Waals surface area (Å²) in [6, 6.07) is 5.76. The molecule has 0 aromatic carbocycles. The summed E-state index contributed by atoms with van der Waals surface area (Å²) >= 11 is 1.77. The van der Waals surface area contributed by atoms with Crippen molar-refractivity contribution in [3.63, 3.8) is 0 Å². The summed E-state index contributed by atoms with van der Waals surface area (Å²) in [6.07, 6.45) is 6.14. The minimum absolute atomic E-state index is 0.551. The van der Waals surface area contributed by atoms with Gasteiger partial charge in [0, 0.05) is 42.3 Å². The van der Waals surface area contributed by atoms with E-state index < -0.39 is 0 Å². The SMILES string of the molecule is Cc1cnc(N2CCCC(COc3ccccn3)C2)s1. The average molecular weight is 289 g/mol. The summed E-state index contributed by atoms with van der Waals surface area (Å²) in [5.41, 5.74) is 0. The Morgan fingerprint density at radius 1 is 1.40 bits per heavy atom. The minimum Gasteiger partial charge on any atom is -0.477 e. The Hall–Kier alpha value is -1.62. The molecule has 2 aromatic rings. The van der Waals surface area contributed by atoms with Gasteiger partial charge >= 0.3 is 0 Å².